The maximum Gasteiger partial charge on any atom is 0.326 e. The van der Waals surface area contributed by atoms with Gasteiger partial charge in [-0.2, -0.15) is 5.26 Å². The predicted octanol–water partition coefficient (Wildman–Crippen LogP) is 1.05. The van der Waals surface area contributed by atoms with Crippen molar-refractivity contribution in [1.29, 1.82) is 5.26 Å². The standard InChI is InChI=1S/C10H17NO4S/c1-4-15-9(12)10(2,3)16(13,14)8-6-5-7-11/h4-6,8H2,1-3H3. The van der Waals surface area contributed by atoms with Crippen molar-refractivity contribution in [3.05, 3.63) is 0 Å². The molecule has 0 N–H and O–H groups in total. The summed E-state index contributed by atoms with van der Waals surface area (Å²) in [6.45, 7) is 4.42. The molecule has 0 fully saturated rings. The molecule has 0 saturated carbocycles. The van der Waals surface area contributed by atoms with Crippen molar-refractivity contribution < 1.29 is 17.9 Å². The second-order valence-corrected chi connectivity index (χ2v) is 6.47. The van der Waals surface area contributed by atoms with Crippen LogP contribution in [-0.4, -0.2) is 31.5 Å². The molecule has 0 rings (SSSR count). The van der Waals surface area contributed by atoms with E-state index in [1.165, 1.54) is 13.8 Å². The van der Waals surface area contributed by atoms with Crippen LogP contribution in [0.5, 0.6) is 0 Å². The summed E-state index contributed by atoms with van der Waals surface area (Å²) in [5, 5.41) is 8.32. The highest BCUT2D eigenvalue weighted by Gasteiger charge is 2.42. The fourth-order valence-corrected chi connectivity index (χ4v) is 2.38. The molecule has 16 heavy (non-hydrogen) atoms. The quantitative estimate of drug-likeness (QED) is 0.517. The molecular weight excluding hydrogens is 230 g/mol. The Labute approximate surface area is 96.3 Å². The molecule has 0 radical (unpaired) electrons. The topological polar surface area (TPSA) is 84.2 Å². The largest absolute Gasteiger partial charge is 0.465 e. The Morgan fingerprint density at radius 3 is 2.44 bits per heavy atom. The monoisotopic (exact) mass is 247 g/mol. The van der Waals surface area contributed by atoms with Crippen LogP contribution in [-0.2, 0) is 19.4 Å². The number of carbonyl (C=O) groups is 1. The third kappa shape index (κ3) is 3.49. The van der Waals surface area contributed by atoms with Crippen LogP contribution >= 0.6 is 0 Å². The molecule has 0 aromatic rings. The Bertz CT molecular complexity index is 378. The molecule has 0 aromatic heterocycles. The fraction of sp³-hybridized carbons (Fsp3) is 0.800. The maximum atomic E-state index is 11.8. The lowest BCUT2D eigenvalue weighted by atomic mass is 10.2. The van der Waals surface area contributed by atoms with E-state index in [2.05, 4.69) is 0 Å². The van der Waals surface area contributed by atoms with Gasteiger partial charge in [0.2, 0.25) is 0 Å². The van der Waals surface area contributed by atoms with Gasteiger partial charge in [-0.05, 0) is 27.2 Å². The minimum Gasteiger partial charge on any atom is -0.465 e. The molecule has 0 saturated heterocycles. The average Bonchev–Trinajstić information content (AvgIpc) is 2.18. The molecule has 5 nitrogen and oxygen atoms in total. The lowest BCUT2D eigenvalue weighted by Gasteiger charge is -2.22. The Hall–Kier alpha value is -1.09. The summed E-state index contributed by atoms with van der Waals surface area (Å²) < 4.78 is 26.8. The van der Waals surface area contributed by atoms with E-state index in [-0.39, 0.29) is 25.2 Å². The van der Waals surface area contributed by atoms with Gasteiger partial charge >= 0.3 is 5.97 Å². The number of esters is 1. The van der Waals surface area contributed by atoms with Crippen LogP contribution in [0.4, 0.5) is 0 Å². The van der Waals surface area contributed by atoms with E-state index in [0.717, 1.165) is 0 Å². The summed E-state index contributed by atoms with van der Waals surface area (Å²) >= 11 is 0. The first-order valence-electron chi connectivity index (χ1n) is 5.06. The highest BCUT2D eigenvalue weighted by Crippen LogP contribution is 2.20. The van der Waals surface area contributed by atoms with Gasteiger partial charge in [0.25, 0.3) is 0 Å². The molecule has 0 unspecified atom stereocenters. The molecular formula is C10H17NO4S. The van der Waals surface area contributed by atoms with Crippen molar-refractivity contribution in [3.8, 4) is 6.07 Å². The molecule has 6 heteroatoms. The molecule has 92 valence electrons. The van der Waals surface area contributed by atoms with Crippen LogP contribution in [0.15, 0.2) is 0 Å². The van der Waals surface area contributed by atoms with Crippen molar-refractivity contribution in [2.75, 3.05) is 12.4 Å². The van der Waals surface area contributed by atoms with Crippen LogP contribution in [0.2, 0.25) is 0 Å². The van der Waals surface area contributed by atoms with E-state index in [1.54, 1.807) is 6.92 Å². The minimum atomic E-state index is -3.58. The van der Waals surface area contributed by atoms with Crippen molar-refractivity contribution in [3.63, 3.8) is 0 Å². The van der Waals surface area contributed by atoms with E-state index < -0.39 is 20.6 Å². The van der Waals surface area contributed by atoms with E-state index in [0.29, 0.717) is 0 Å². The second-order valence-electron chi connectivity index (χ2n) is 3.81. The van der Waals surface area contributed by atoms with E-state index in [4.69, 9.17) is 10.00 Å². The zero-order valence-corrected chi connectivity index (χ0v) is 10.6. The minimum absolute atomic E-state index is 0.149. The number of nitrogens with zero attached hydrogens (tertiary/aromatic N) is 1. The van der Waals surface area contributed by atoms with Gasteiger partial charge in [0.1, 0.15) is 0 Å². The lowest BCUT2D eigenvalue weighted by molar-refractivity contribution is -0.145. The van der Waals surface area contributed by atoms with Crippen LogP contribution in [0.3, 0.4) is 0 Å². The first-order valence-corrected chi connectivity index (χ1v) is 6.71. The van der Waals surface area contributed by atoms with Gasteiger partial charge in [0.15, 0.2) is 14.6 Å². The number of unbranched alkanes of at least 4 members (excludes halogenated alkanes) is 1. The molecule has 0 aliphatic carbocycles. The SMILES string of the molecule is CCOC(=O)C(C)(C)S(=O)(=O)CCCC#N. The second kappa shape index (κ2) is 5.85. The van der Waals surface area contributed by atoms with Gasteiger partial charge in [-0.3, -0.25) is 4.79 Å². The average molecular weight is 247 g/mol. The number of ether oxygens (including phenoxy) is 1. The van der Waals surface area contributed by atoms with Gasteiger partial charge in [0.05, 0.1) is 18.4 Å². The zero-order valence-electron chi connectivity index (χ0n) is 9.82. The summed E-state index contributed by atoms with van der Waals surface area (Å²) in [7, 11) is -3.58. The zero-order chi connectivity index (χ0) is 12.8. The molecule has 0 spiro atoms. The van der Waals surface area contributed by atoms with Gasteiger partial charge in [-0.25, -0.2) is 8.42 Å². The van der Waals surface area contributed by atoms with Gasteiger partial charge in [0, 0.05) is 6.42 Å². The number of carbonyl (C=O) groups excluding carboxylic acids is 1. The summed E-state index contributed by atoms with van der Waals surface area (Å²) in [6, 6.07) is 1.87. The molecule has 0 aliphatic heterocycles. The summed E-state index contributed by atoms with van der Waals surface area (Å²) in [6.07, 6.45) is 0.403. The van der Waals surface area contributed by atoms with Crippen LogP contribution in [0.25, 0.3) is 0 Å². The third-order valence-corrected chi connectivity index (χ3v) is 4.79. The van der Waals surface area contributed by atoms with Gasteiger partial charge in [-0.1, -0.05) is 0 Å². The van der Waals surface area contributed by atoms with Crippen LogP contribution < -0.4 is 0 Å². The van der Waals surface area contributed by atoms with E-state index >= 15 is 0 Å². The summed E-state index contributed by atoms with van der Waals surface area (Å²) in [5.74, 6) is -0.918. The Morgan fingerprint density at radius 2 is 2.00 bits per heavy atom. The van der Waals surface area contributed by atoms with Crippen LogP contribution in [0, 0.1) is 11.3 Å². The van der Waals surface area contributed by atoms with E-state index in [1.807, 2.05) is 6.07 Å². The first kappa shape index (κ1) is 14.9. The van der Waals surface area contributed by atoms with Crippen LogP contribution in [0.1, 0.15) is 33.6 Å². The maximum absolute atomic E-state index is 11.8. The molecule has 0 aliphatic rings. The number of rotatable bonds is 6. The molecule has 0 bridgehead atoms. The highest BCUT2D eigenvalue weighted by molar-refractivity contribution is 7.93. The summed E-state index contributed by atoms with van der Waals surface area (Å²) in [4.78, 5) is 11.5. The van der Waals surface area contributed by atoms with Crippen molar-refractivity contribution in [2.45, 2.75) is 38.4 Å². The number of hydrogen-bond donors (Lipinski definition) is 0. The van der Waals surface area contributed by atoms with Crippen molar-refractivity contribution >= 4 is 15.8 Å². The van der Waals surface area contributed by atoms with Crippen molar-refractivity contribution in [2.24, 2.45) is 0 Å². The number of nitriles is 1. The molecule has 0 amide bonds. The first-order chi connectivity index (χ1) is 7.29. The molecule has 0 aromatic carbocycles. The lowest BCUT2D eigenvalue weighted by Crippen LogP contribution is -2.43. The number of sulfone groups is 1. The Balaban J connectivity index is 4.72. The van der Waals surface area contributed by atoms with Gasteiger partial charge in [-0.15, -0.1) is 0 Å². The Morgan fingerprint density at radius 1 is 1.44 bits per heavy atom. The third-order valence-electron chi connectivity index (χ3n) is 2.25. The highest BCUT2D eigenvalue weighted by atomic mass is 32.2. The smallest absolute Gasteiger partial charge is 0.326 e. The summed E-state index contributed by atoms with van der Waals surface area (Å²) in [5.41, 5.74) is 0. The fourth-order valence-electron chi connectivity index (χ4n) is 1.03. The van der Waals surface area contributed by atoms with E-state index in [9.17, 15) is 13.2 Å². The predicted molar refractivity (Wildman–Crippen MR) is 59.3 cm³/mol. The molecule has 0 atom stereocenters. The van der Waals surface area contributed by atoms with Crippen molar-refractivity contribution in [1.82, 2.24) is 0 Å². The Kier molecular flexibility index (Phi) is 5.45. The normalized spacial score (nSPS) is 11.9. The molecule has 0 heterocycles. The van der Waals surface area contributed by atoms with Gasteiger partial charge < -0.3 is 4.74 Å². The number of hydrogen-bond acceptors (Lipinski definition) is 5.